The van der Waals surface area contributed by atoms with Gasteiger partial charge in [0.2, 0.25) is 0 Å². The first-order valence-electron chi connectivity index (χ1n) is 11.8. The number of halogens is 3. The molecule has 0 aliphatic heterocycles. The number of amides is 1. The summed E-state index contributed by atoms with van der Waals surface area (Å²) >= 11 is 9.71. The summed E-state index contributed by atoms with van der Waals surface area (Å²) < 4.78 is 26.4. The highest BCUT2D eigenvalue weighted by Gasteiger charge is 2.23. The van der Waals surface area contributed by atoms with E-state index in [2.05, 4.69) is 26.3 Å². The molecule has 11 heteroatoms. The van der Waals surface area contributed by atoms with Gasteiger partial charge in [-0.3, -0.25) is 9.59 Å². The van der Waals surface area contributed by atoms with E-state index < -0.39 is 17.1 Å². The van der Waals surface area contributed by atoms with Crippen molar-refractivity contribution in [2.45, 2.75) is 26.2 Å². The predicted octanol–water partition coefficient (Wildman–Crippen LogP) is 6.16. The molecule has 4 aromatic rings. The third-order valence-electron chi connectivity index (χ3n) is 5.54. The van der Waals surface area contributed by atoms with Crippen LogP contribution in [0, 0.1) is 5.82 Å². The van der Waals surface area contributed by atoms with Gasteiger partial charge >= 0.3 is 0 Å². The lowest BCUT2D eigenvalue weighted by Crippen LogP contribution is -2.29. The molecule has 1 aromatic heterocycles. The molecule has 0 atom stereocenters. The molecule has 0 fully saturated rings. The average molecular weight is 616 g/mol. The number of carbonyl (C=O) groups is 1. The van der Waals surface area contributed by atoms with E-state index in [0.717, 1.165) is 4.47 Å². The molecule has 1 N–H and O–H groups in total. The van der Waals surface area contributed by atoms with Gasteiger partial charge < -0.3 is 14.8 Å². The monoisotopic (exact) mass is 614 g/mol. The Balaban J connectivity index is 1.71. The number of hydrogen-bond acceptors (Lipinski definition) is 6. The number of nitrogens with zero attached hydrogens (tertiary/aromatic N) is 3. The van der Waals surface area contributed by atoms with Crippen LogP contribution in [-0.2, 0) is 10.2 Å². The van der Waals surface area contributed by atoms with Gasteiger partial charge in [0.1, 0.15) is 11.6 Å². The molecule has 0 saturated heterocycles. The van der Waals surface area contributed by atoms with Gasteiger partial charge in [0.15, 0.2) is 18.1 Å². The molecule has 0 radical (unpaired) electrons. The Bertz CT molecular complexity index is 1630. The number of anilines is 1. The molecule has 39 heavy (non-hydrogen) atoms. The van der Waals surface area contributed by atoms with Crippen LogP contribution in [0.15, 0.2) is 69.0 Å². The van der Waals surface area contributed by atoms with Crippen molar-refractivity contribution >= 4 is 56.2 Å². The van der Waals surface area contributed by atoms with Crippen LogP contribution in [0.1, 0.15) is 32.2 Å². The van der Waals surface area contributed by atoms with E-state index in [1.165, 1.54) is 48.3 Å². The van der Waals surface area contributed by atoms with Crippen molar-refractivity contribution in [2.75, 3.05) is 19.0 Å². The van der Waals surface area contributed by atoms with Gasteiger partial charge in [-0.05, 0) is 48.5 Å². The molecule has 8 nitrogen and oxygen atoms in total. The smallest absolute Gasteiger partial charge is 0.282 e. The summed E-state index contributed by atoms with van der Waals surface area (Å²) in [6, 6.07) is 13.8. The first kappa shape index (κ1) is 28.3. The largest absolute Gasteiger partial charge is 0.493 e. The first-order valence-corrected chi connectivity index (χ1v) is 13.0. The van der Waals surface area contributed by atoms with Crippen LogP contribution in [0.4, 0.5) is 10.1 Å². The maximum Gasteiger partial charge on any atom is 0.282 e. The molecule has 1 heterocycles. The average Bonchev–Trinajstić information content (AvgIpc) is 2.88. The lowest BCUT2D eigenvalue weighted by molar-refractivity contribution is -0.118. The molecule has 0 saturated carbocycles. The van der Waals surface area contributed by atoms with Gasteiger partial charge in [0.25, 0.3) is 11.5 Å². The molecule has 0 aliphatic rings. The van der Waals surface area contributed by atoms with Crippen molar-refractivity contribution in [2.24, 2.45) is 5.10 Å². The molecule has 4 rings (SSSR count). The second kappa shape index (κ2) is 11.5. The first-order chi connectivity index (χ1) is 18.5. The zero-order valence-electron chi connectivity index (χ0n) is 21.6. The highest BCUT2D eigenvalue weighted by Crippen LogP contribution is 2.34. The fourth-order valence-corrected chi connectivity index (χ4v) is 4.30. The van der Waals surface area contributed by atoms with Gasteiger partial charge in [-0.15, -0.1) is 0 Å². The molecule has 3 aromatic carbocycles. The molecular weight excluding hydrogens is 591 g/mol. The standard InChI is InChI=1S/C28H25BrClFN4O4/c1-28(2,3)27-34-22-10-5-17(29)12-21(22)26(37)35(27)32-14-16-11-18(30)13-23(38-4)25(16)39-15-24(36)33-20-8-6-19(31)7-9-20/h5-14H,15H2,1-4H3,(H,33,36). The van der Waals surface area contributed by atoms with Crippen LogP contribution >= 0.6 is 27.5 Å². The summed E-state index contributed by atoms with van der Waals surface area (Å²) in [4.78, 5) is 30.7. The lowest BCUT2D eigenvalue weighted by atomic mass is 9.95. The summed E-state index contributed by atoms with van der Waals surface area (Å²) in [5.41, 5.74) is 0.480. The third-order valence-corrected chi connectivity index (χ3v) is 6.25. The molecular formula is C28H25BrClFN4O4. The van der Waals surface area contributed by atoms with Crippen LogP contribution in [0.25, 0.3) is 10.9 Å². The third kappa shape index (κ3) is 6.63. The van der Waals surface area contributed by atoms with Crippen LogP contribution in [0.5, 0.6) is 11.5 Å². The van der Waals surface area contributed by atoms with E-state index in [-0.39, 0.29) is 23.7 Å². The number of nitrogens with one attached hydrogen (secondary N) is 1. The number of hydrogen-bond donors (Lipinski definition) is 1. The van der Waals surface area contributed by atoms with Gasteiger partial charge in [0.05, 0.1) is 24.2 Å². The van der Waals surface area contributed by atoms with E-state index in [9.17, 15) is 14.0 Å². The summed E-state index contributed by atoms with van der Waals surface area (Å²) in [6.07, 6.45) is 1.41. The highest BCUT2D eigenvalue weighted by atomic mass is 79.9. The second-order valence-electron chi connectivity index (χ2n) is 9.58. The number of aromatic nitrogens is 2. The number of ether oxygens (including phenoxy) is 2. The number of carbonyl (C=O) groups excluding carboxylic acids is 1. The number of fused-ring (bicyclic) bond motifs is 1. The number of methoxy groups -OCH3 is 1. The zero-order valence-corrected chi connectivity index (χ0v) is 23.9. The second-order valence-corrected chi connectivity index (χ2v) is 10.9. The van der Waals surface area contributed by atoms with Crippen molar-refractivity contribution in [3.05, 3.63) is 91.7 Å². The predicted molar refractivity (Wildman–Crippen MR) is 154 cm³/mol. The molecule has 0 aliphatic carbocycles. The Morgan fingerprint density at radius 1 is 1.18 bits per heavy atom. The fraction of sp³-hybridized carbons (Fsp3) is 0.214. The molecule has 0 bridgehead atoms. The topological polar surface area (TPSA) is 94.8 Å². The number of rotatable bonds is 7. The van der Waals surface area contributed by atoms with E-state index in [4.69, 9.17) is 26.1 Å². The van der Waals surface area contributed by atoms with Gasteiger partial charge in [-0.2, -0.15) is 9.78 Å². The fourth-order valence-electron chi connectivity index (χ4n) is 3.72. The lowest BCUT2D eigenvalue weighted by Gasteiger charge is -2.21. The normalized spacial score (nSPS) is 11.7. The molecule has 0 spiro atoms. The quantitative estimate of drug-likeness (QED) is 0.252. The van der Waals surface area contributed by atoms with E-state index in [1.54, 1.807) is 18.2 Å². The minimum atomic E-state index is -0.512. The van der Waals surface area contributed by atoms with Gasteiger partial charge in [0, 0.05) is 32.2 Å². The Morgan fingerprint density at radius 2 is 1.90 bits per heavy atom. The summed E-state index contributed by atoms with van der Waals surface area (Å²) in [6.45, 7) is 5.42. The maximum absolute atomic E-state index is 13.5. The molecule has 202 valence electrons. The van der Waals surface area contributed by atoms with E-state index in [0.29, 0.717) is 33.0 Å². The van der Waals surface area contributed by atoms with E-state index in [1.807, 2.05) is 26.8 Å². The Labute approximate surface area is 237 Å². The Hall–Kier alpha value is -3.76. The number of benzene rings is 3. The van der Waals surface area contributed by atoms with Crippen LogP contribution in [0.3, 0.4) is 0 Å². The van der Waals surface area contributed by atoms with Gasteiger partial charge in [-0.25, -0.2) is 9.37 Å². The summed E-state index contributed by atoms with van der Waals surface area (Å²) in [5, 5.41) is 7.83. The van der Waals surface area contributed by atoms with Gasteiger partial charge in [-0.1, -0.05) is 48.3 Å². The van der Waals surface area contributed by atoms with E-state index >= 15 is 0 Å². The Kier molecular flexibility index (Phi) is 8.36. The van der Waals surface area contributed by atoms with Crippen molar-refractivity contribution < 1.29 is 18.7 Å². The van der Waals surface area contributed by atoms with Crippen LogP contribution < -0.4 is 20.3 Å². The summed E-state index contributed by atoms with van der Waals surface area (Å²) in [5.74, 6) is 0.0250. The maximum atomic E-state index is 13.5. The van der Waals surface area contributed by atoms with Crippen molar-refractivity contribution in [3.63, 3.8) is 0 Å². The van der Waals surface area contributed by atoms with Crippen molar-refractivity contribution in [3.8, 4) is 11.5 Å². The minimum Gasteiger partial charge on any atom is -0.493 e. The van der Waals surface area contributed by atoms with Crippen LogP contribution in [0.2, 0.25) is 5.02 Å². The summed E-state index contributed by atoms with van der Waals surface area (Å²) in [7, 11) is 1.44. The molecule has 1 amide bonds. The van der Waals surface area contributed by atoms with Crippen molar-refractivity contribution in [1.82, 2.24) is 9.66 Å². The molecule has 0 unspecified atom stereocenters. The van der Waals surface area contributed by atoms with Crippen molar-refractivity contribution in [1.29, 1.82) is 0 Å². The zero-order chi connectivity index (χ0) is 28.3. The van der Waals surface area contributed by atoms with Crippen LogP contribution in [-0.4, -0.2) is 35.5 Å². The highest BCUT2D eigenvalue weighted by molar-refractivity contribution is 9.10. The minimum absolute atomic E-state index is 0.196. The SMILES string of the molecule is COc1cc(Cl)cc(C=Nn2c(C(C)(C)C)nc3ccc(Br)cc3c2=O)c1OCC(=O)Nc1ccc(F)cc1. The Morgan fingerprint density at radius 3 is 2.56 bits per heavy atom.